The summed E-state index contributed by atoms with van der Waals surface area (Å²) in [7, 11) is 0. The largest absolute Gasteiger partial charge is 0.352 e. The van der Waals surface area contributed by atoms with Crippen molar-refractivity contribution in [3.8, 4) is 0 Å². The molecule has 0 aliphatic rings. The second-order valence-electron chi connectivity index (χ2n) is 5.02. The molecule has 0 radical (unpaired) electrons. The molecular formula is C18H22N2. The quantitative estimate of drug-likeness (QED) is 0.606. The Morgan fingerprint density at radius 1 is 0.850 bits per heavy atom. The van der Waals surface area contributed by atoms with Gasteiger partial charge in [0.05, 0.1) is 5.84 Å². The molecule has 2 nitrogen and oxygen atoms in total. The normalized spacial score (nSPS) is 10.2. The summed E-state index contributed by atoms with van der Waals surface area (Å²) in [4.78, 5) is 2.16. The summed E-state index contributed by atoms with van der Waals surface area (Å²) in [6, 6.07) is 20.8. The standard InChI is InChI=1S/C18H22N2/c1-2-9-18(19)20(14-16-10-5-3-6-11-16)15-17-12-7-4-8-13-17/h3-8,10-13,19H,2,9,14-15H2,1H3. The van der Waals surface area contributed by atoms with Gasteiger partial charge in [0, 0.05) is 19.5 Å². The monoisotopic (exact) mass is 266 g/mol. The van der Waals surface area contributed by atoms with Crippen LogP contribution in [-0.2, 0) is 13.1 Å². The molecule has 0 bridgehead atoms. The van der Waals surface area contributed by atoms with E-state index in [0.29, 0.717) is 0 Å². The Balaban J connectivity index is 2.10. The Kier molecular flexibility index (Phi) is 5.36. The summed E-state index contributed by atoms with van der Waals surface area (Å²) in [5.41, 5.74) is 2.51. The lowest BCUT2D eigenvalue weighted by molar-refractivity contribution is 0.394. The van der Waals surface area contributed by atoms with Gasteiger partial charge in [-0.05, 0) is 17.5 Å². The lowest BCUT2D eigenvalue weighted by Crippen LogP contribution is -2.29. The number of amidine groups is 1. The summed E-state index contributed by atoms with van der Waals surface area (Å²) in [6.07, 6.45) is 1.85. The smallest absolute Gasteiger partial charge is 0.0963 e. The van der Waals surface area contributed by atoms with Crippen molar-refractivity contribution in [2.45, 2.75) is 32.9 Å². The molecule has 0 aliphatic heterocycles. The van der Waals surface area contributed by atoms with Crippen LogP contribution >= 0.6 is 0 Å². The van der Waals surface area contributed by atoms with Gasteiger partial charge >= 0.3 is 0 Å². The zero-order chi connectivity index (χ0) is 14.2. The molecule has 0 spiro atoms. The van der Waals surface area contributed by atoms with E-state index < -0.39 is 0 Å². The van der Waals surface area contributed by atoms with Gasteiger partial charge in [-0.2, -0.15) is 0 Å². The molecule has 0 fully saturated rings. The Hall–Kier alpha value is -2.09. The Labute approximate surface area is 121 Å². The van der Waals surface area contributed by atoms with Gasteiger partial charge in [-0.15, -0.1) is 0 Å². The third-order valence-electron chi connectivity index (χ3n) is 3.30. The molecule has 0 atom stereocenters. The maximum absolute atomic E-state index is 8.27. The molecule has 2 aromatic rings. The Bertz CT molecular complexity index is 478. The molecular weight excluding hydrogens is 244 g/mol. The summed E-state index contributed by atoms with van der Waals surface area (Å²) in [6.45, 7) is 3.72. The van der Waals surface area contributed by atoms with Gasteiger partial charge in [0.25, 0.3) is 0 Å². The molecule has 0 aromatic heterocycles. The van der Waals surface area contributed by atoms with Crippen molar-refractivity contribution in [3.63, 3.8) is 0 Å². The molecule has 1 N–H and O–H groups in total. The molecule has 0 heterocycles. The van der Waals surface area contributed by atoms with E-state index in [1.807, 2.05) is 12.1 Å². The van der Waals surface area contributed by atoms with Crippen molar-refractivity contribution < 1.29 is 0 Å². The molecule has 0 unspecified atom stereocenters. The molecule has 0 aliphatic carbocycles. The van der Waals surface area contributed by atoms with Crippen molar-refractivity contribution in [2.75, 3.05) is 0 Å². The molecule has 2 aromatic carbocycles. The number of hydrogen-bond donors (Lipinski definition) is 1. The number of nitrogens with zero attached hydrogens (tertiary/aromatic N) is 1. The van der Waals surface area contributed by atoms with Gasteiger partial charge in [0.1, 0.15) is 0 Å². The van der Waals surface area contributed by atoms with E-state index in [-0.39, 0.29) is 0 Å². The van der Waals surface area contributed by atoms with Crippen molar-refractivity contribution in [1.82, 2.24) is 4.90 Å². The molecule has 2 heteroatoms. The number of hydrogen-bond acceptors (Lipinski definition) is 1. The zero-order valence-corrected chi connectivity index (χ0v) is 12.0. The average molecular weight is 266 g/mol. The fourth-order valence-electron chi connectivity index (χ4n) is 2.25. The topological polar surface area (TPSA) is 27.1 Å². The predicted molar refractivity (Wildman–Crippen MR) is 84.8 cm³/mol. The molecule has 0 amide bonds. The van der Waals surface area contributed by atoms with Gasteiger partial charge in [0.2, 0.25) is 0 Å². The lowest BCUT2D eigenvalue weighted by Gasteiger charge is -2.25. The highest BCUT2D eigenvalue weighted by Gasteiger charge is 2.10. The second kappa shape index (κ2) is 7.49. The maximum Gasteiger partial charge on any atom is 0.0963 e. The Morgan fingerprint density at radius 2 is 1.30 bits per heavy atom. The first-order valence-corrected chi connectivity index (χ1v) is 7.20. The van der Waals surface area contributed by atoms with Crippen LogP contribution in [0.15, 0.2) is 60.7 Å². The van der Waals surface area contributed by atoms with E-state index in [2.05, 4.69) is 60.4 Å². The highest BCUT2D eigenvalue weighted by molar-refractivity contribution is 5.79. The van der Waals surface area contributed by atoms with Crippen molar-refractivity contribution >= 4 is 5.84 Å². The summed E-state index contributed by atoms with van der Waals surface area (Å²) >= 11 is 0. The van der Waals surface area contributed by atoms with Crippen LogP contribution in [0.1, 0.15) is 30.9 Å². The first kappa shape index (κ1) is 14.3. The minimum absolute atomic E-state index is 0.722. The van der Waals surface area contributed by atoms with Crippen LogP contribution < -0.4 is 0 Å². The number of rotatable bonds is 6. The van der Waals surface area contributed by atoms with E-state index in [0.717, 1.165) is 31.8 Å². The van der Waals surface area contributed by atoms with Gasteiger partial charge in [0.15, 0.2) is 0 Å². The van der Waals surface area contributed by atoms with Crippen LogP contribution in [0.5, 0.6) is 0 Å². The first-order chi connectivity index (χ1) is 9.79. The first-order valence-electron chi connectivity index (χ1n) is 7.20. The van der Waals surface area contributed by atoms with Gasteiger partial charge in [-0.1, -0.05) is 67.6 Å². The van der Waals surface area contributed by atoms with Crippen molar-refractivity contribution in [2.24, 2.45) is 0 Å². The minimum Gasteiger partial charge on any atom is -0.352 e. The number of benzene rings is 2. The van der Waals surface area contributed by atoms with Crippen LogP contribution in [0.2, 0.25) is 0 Å². The van der Waals surface area contributed by atoms with Crippen LogP contribution in [0, 0.1) is 5.41 Å². The second-order valence-corrected chi connectivity index (χ2v) is 5.02. The van der Waals surface area contributed by atoms with Gasteiger partial charge in [-0.3, -0.25) is 5.41 Å². The summed E-state index contributed by atoms with van der Waals surface area (Å²) in [5.74, 6) is 0.722. The number of nitrogens with one attached hydrogen (secondary N) is 1. The van der Waals surface area contributed by atoms with Crippen LogP contribution in [0.25, 0.3) is 0 Å². The van der Waals surface area contributed by atoms with E-state index in [1.165, 1.54) is 11.1 Å². The summed E-state index contributed by atoms with van der Waals surface area (Å²) < 4.78 is 0. The fourth-order valence-corrected chi connectivity index (χ4v) is 2.25. The van der Waals surface area contributed by atoms with E-state index >= 15 is 0 Å². The molecule has 2 rings (SSSR count). The SMILES string of the molecule is CCCC(=N)N(Cc1ccccc1)Cc1ccccc1. The van der Waals surface area contributed by atoms with Crippen LogP contribution in [0.4, 0.5) is 0 Å². The third-order valence-corrected chi connectivity index (χ3v) is 3.30. The highest BCUT2D eigenvalue weighted by Crippen LogP contribution is 2.12. The molecule has 0 saturated heterocycles. The van der Waals surface area contributed by atoms with Crippen LogP contribution in [0.3, 0.4) is 0 Å². The molecule has 20 heavy (non-hydrogen) atoms. The van der Waals surface area contributed by atoms with Gasteiger partial charge < -0.3 is 4.90 Å². The van der Waals surface area contributed by atoms with E-state index in [9.17, 15) is 0 Å². The minimum atomic E-state index is 0.722. The molecule has 0 saturated carbocycles. The lowest BCUT2D eigenvalue weighted by atomic mass is 10.1. The highest BCUT2D eigenvalue weighted by atomic mass is 15.2. The third kappa shape index (κ3) is 4.23. The average Bonchev–Trinajstić information content (AvgIpc) is 2.49. The summed E-state index contributed by atoms with van der Waals surface area (Å²) in [5, 5.41) is 8.27. The van der Waals surface area contributed by atoms with Crippen molar-refractivity contribution in [1.29, 1.82) is 5.41 Å². The van der Waals surface area contributed by atoms with Crippen LogP contribution in [-0.4, -0.2) is 10.7 Å². The maximum atomic E-state index is 8.27. The fraction of sp³-hybridized carbons (Fsp3) is 0.278. The predicted octanol–water partition coefficient (Wildman–Crippen LogP) is 4.47. The van der Waals surface area contributed by atoms with Gasteiger partial charge in [-0.25, -0.2) is 0 Å². The van der Waals surface area contributed by atoms with E-state index in [1.54, 1.807) is 0 Å². The Morgan fingerprint density at radius 3 is 1.70 bits per heavy atom. The van der Waals surface area contributed by atoms with Crippen molar-refractivity contribution in [3.05, 3.63) is 71.8 Å². The molecule has 104 valence electrons. The zero-order valence-electron chi connectivity index (χ0n) is 12.0. The van der Waals surface area contributed by atoms with E-state index in [4.69, 9.17) is 5.41 Å².